The fraction of sp³-hybridized carbons (Fsp3) is 0.857. The summed E-state index contributed by atoms with van der Waals surface area (Å²) in [5, 5.41) is 0. The zero-order valence-corrected chi connectivity index (χ0v) is 11.0. The summed E-state index contributed by atoms with van der Waals surface area (Å²) < 4.78 is 4.88. The van der Waals surface area contributed by atoms with Crippen molar-refractivity contribution in [1.29, 1.82) is 0 Å². The van der Waals surface area contributed by atoms with Crippen molar-refractivity contribution in [3.8, 4) is 0 Å². The molecule has 1 aliphatic carbocycles. The molecule has 3 heteroatoms. The van der Waals surface area contributed by atoms with Crippen molar-refractivity contribution in [1.82, 2.24) is 0 Å². The predicted molar refractivity (Wildman–Crippen MR) is 66.6 cm³/mol. The van der Waals surface area contributed by atoms with Gasteiger partial charge in [-0.25, -0.2) is 0 Å². The monoisotopic (exact) mass is 240 g/mol. The third-order valence-electron chi connectivity index (χ3n) is 3.71. The Kier molecular flexibility index (Phi) is 6.23. The number of rotatable bonds is 6. The van der Waals surface area contributed by atoms with E-state index < -0.39 is 0 Å². The van der Waals surface area contributed by atoms with Gasteiger partial charge in [0.25, 0.3) is 0 Å². The van der Waals surface area contributed by atoms with Gasteiger partial charge in [0.1, 0.15) is 5.78 Å². The summed E-state index contributed by atoms with van der Waals surface area (Å²) in [5.41, 5.74) is 0. The van der Waals surface area contributed by atoms with Crippen LogP contribution in [0.15, 0.2) is 0 Å². The lowest BCUT2D eigenvalue weighted by molar-refractivity contribution is -0.148. The van der Waals surface area contributed by atoms with Gasteiger partial charge in [0, 0.05) is 12.8 Å². The van der Waals surface area contributed by atoms with Crippen LogP contribution in [-0.2, 0) is 14.3 Å². The van der Waals surface area contributed by atoms with Gasteiger partial charge in [-0.3, -0.25) is 9.59 Å². The number of esters is 1. The van der Waals surface area contributed by atoms with Gasteiger partial charge < -0.3 is 4.74 Å². The summed E-state index contributed by atoms with van der Waals surface area (Å²) in [7, 11) is 1.44. The molecule has 0 saturated heterocycles. The molecular formula is C14H24O3. The van der Waals surface area contributed by atoms with Gasteiger partial charge >= 0.3 is 5.97 Å². The molecule has 0 radical (unpaired) electrons. The molecular weight excluding hydrogens is 216 g/mol. The van der Waals surface area contributed by atoms with E-state index in [9.17, 15) is 9.59 Å². The van der Waals surface area contributed by atoms with Crippen LogP contribution in [0.4, 0.5) is 0 Å². The maximum Gasteiger partial charge on any atom is 0.308 e. The summed E-state index contributed by atoms with van der Waals surface area (Å²) in [6.07, 6.45) is 7.43. The number of ether oxygens (including phenoxy) is 1. The Labute approximate surface area is 104 Å². The molecule has 2 unspecified atom stereocenters. The Hall–Kier alpha value is -0.860. The zero-order valence-electron chi connectivity index (χ0n) is 11.0. The Morgan fingerprint density at radius 2 is 2.24 bits per heavy atom. The third kappa shape index (κ3) is 4.49. The van der Waals surface area contributed by atoms with E-state index in [-0.39, 0.29) is 17.8 Å². The number of unbranched alkanes of at least 4 members (excludes halogenated alkanes) is 2. The number of methoxy groups -OCH3 is 1. The SMILES string of the molecule is CCCCCC(C(=O)OC)C1CCCC(=O)C1. The van der Waals surface area contributed by atoms with Gasteiger partial charge in [0.2, 0.25) is 0 Å². The topological polar surface area (TPSA) is 43.4 Å². The van der Waals surface area contributed by atoms with Crippen LogP contribution >= 0.6 is 0 Å². The van der Waals surface area contributed by atoms with E-state index in [0.29, 0.717) is 18.6 Å². The Morgan fingerprint density at radius 3 is 2.82 bits per heavy atom. The molecule has 0 bridgehead atoms. The Balaban J connectivity index is 2.54. The number of carbonyl (C=O) groups is 2. The molecule has 98 valence electrons. The minimum Gasteiger partial charge on any atom is -0.469 e. The van der Waals surface area contributed by atoms with Crippen LogP contribution in [0.25, 0.3) is 0 Å². The lowest BCUT2D eigenvalue weighted by atomic mass is 9.77. The van der Waals surface area contributed by atoms with Crippen LogP contribution in [0, 0.1) is 11.8 Å². The number of Topliss-reactive ketones (excluding diaryl/α,β-unsaturated/α-hetero) is 1. The van der Waals surface area contributed by atoms with Gasteiger partial charge in [-0.2, -0.15) is 0 Å². The number of ketones is 1. The van der Waals surface area contributed by atoms with Crippen LogP contribution in [0.2, 0.25) is 0 Å². The summed E-state index contributed by atoms with van der Waals surface area (Å²) in [4.78, 5) is 23.2. The molecule has 0 amide bonds. The molecule has 0 spiro atoms. The van der Waals surface area contributed by atoms with E-state index in [4.69, 9.17) is 4.74 Å². The average Bonchev–Trinajstić information content (AvgIpc) is 2.34. The molecule has 3 nitrogen and oxygen atoms in total. The van der Waals surface area contributed by atoms with Crippen molar-refractivity contribution < 1.29 is 14.3 Å². The van der Waals surface area contributed by atoms with Crippen LogP contribution in [0.1, 0.15) is 58.3 Å². The second kappa shape index (κ2) is 7.46. The maximum absolute atomic E-state index is 11.8. The number of hydrogen-bond donors (Lipinski definition) is 0. The van der Waals surface area contributed by atoms with Crippen molar-refractivity contribution in [2.45, 2.75) is 58.3 Å². The van der Waals surface area contributed by atoms with Crippen molar-refractivity contribution >= 4 is 11.8 Å². The highest BCUT2D eigenvalue weighted by atomic mass is 16.5. The first kappa shape index (κ1) is 14.2. The molecule has 1 rings (SSSR count). The fourth-order valence-electron chi connectivity index (χ4n) is 2.71. The van der Waals surface area contributed by atoms with Crippen LogP contribution < -0.4 is 0 Å². The van der Waals surface area contributed by atoms with E-state index in [1.807, 2.05) is 0 Å². The quantitative estimate of drug-likeness (QED) is 0.529. The first-order valence-electron chi connectivity index (χ1n) is 6.78. The largest absolute Gasteiger partial charge is 0.469 e. The molecule has 17 heavy (non-hydrogen) atoms. The fourth-order valence-corrected chi connectivity index (χ4v) is 2.71. The second-order valence-electron chi connectivity index (χ2n) is 5.02. The lowest BCUT2D eigenvalue weighted by Crippen LogP contribution is -2.29. The summed E-state index contributed by atoms with van der Waals surface area (Å²) >= 11 is 0. The smallest absolute Gasteiger partial charge is 0.308 e. The van der Waals surface area contributed by atoms with E-state index in [1.54, 1.807) is 0 Å². The molecule has 0 heterocycles. The molecule has 1 aliphatic rings. The molecule has 1 saturated carbocycles. The first-order chi connectivity index (χ1) is 8.19. The third-order valence-corrected chi connectivity index (χ3v) is 3.71. The Bertz CT molecular complexity index is 260. The highest BCUT2D eigenvalue weighted by molar-refractivity contribution is 5.81. The number of hydrogen-bond acceptors (Lipinski definition) is 3. The maximum atomic E-state index is 11.8. The molecule has 2 atom stereocenters. The predicted octanol–water partition coefficient (Wildman–Crippen LogP) is 3.12. The lowest BCUT2D eigenvalue weighted by Gasteiger charge is -2.27. The summed E-state index contributed by atoms with van der Waals surface area (Å²) in [5.74, 6) is 0.350. The molecule has 0 aliphatic heterocycles. The van der Waals surface area contributed by atoms with Gasteiger partial charge in [0.15, 0.2) is 0 Å². The van der Waals surface area contributed by atoms with Crippen molar-refractivity contribution in [3.63, 3.8) is 0 Å². The second-order valence-corrected chi connectivity index (χ2v) is 5.02. The van der Waals surface area contributed by atoms with E-state index >= 15 is 0 Å². The molecule has 0 aromatic heterocycles. The molecule has 0 aromatic carbocycles. The van der Waals surface area contributed by atoms with E-state index in [1.165, 1.54) is 7.11 Å². The zero-order chi connectivity index (χ0) is 12.7. The highest BCUT2D eigenvalue weighted by Gasteiger charge is 2.32. The molecule has 0 aromatic rings. The van der Waals surface area contributed by atoms with Crippen LogP contribution in [0.3, 0.4) is 0 Å². The van der Waals surface area contributed by atoms with Crippen molar-refractivity contribution in [2.75, 3.05) is 7.11 Å². The Morgan fingerprint density at radius 1 is 1.47 bits per heavy atom. The minimum atomic E-state index is -0.124. The van der Waals surface area contributed by atoms with Crippen LogP contribution in [-0.4, -0.2) is 18.9 Å². The number of carbonyl (C=O) groups excluding carboxylic acids is 2. The van der Waals surface area contributed by atoms with E-state index in [2.05, 4.69) is 6.92 Å². The van der Waals surface area contributed by atoms with Crippen molar-refractivity contribution in [3.05, 3.63) is 0 Å². The van der Waals surface area contributed by atoms with Gasteiger partial charge in [0.05, 0.1) is 13.0 Å². The van der Waals surface area contributed by atoms with Gasteiger partial charge in [-0.15, -0.1) is 0 Å². The standard InChI is InChI=1S/C14H24O3/c1-3-4-5-9-13(14(16)17-2)11-7-6-8-12(15)10-11/h11,13H,3-10H2,1-2H3. The van der Waals surface area contributed by atoms with Crippen LogP contribution in [0.5, 0.6) is 0 Å². The van der Waals surface area contributed by atoms with Gasteiger partial charge in [-0.05, 0) is 25.2 Å². The summed E-state index contributed by atoms with van der Waals surface area (Å²) in [6, 6.07) is 0. The summed E-state index contributed by atoms with van der Waals surface area (Å²) in [6.45, 7) is 2.15. The van der Waals surface area contributed by atoms with Crippen molar-refractivity contribution in [2.24, 2.45) is 11.8 Å². The normalized spacial score (nSPS) is 22.2. The van der Waals surface area contributed by atoms with E-state index in [0.717, 1.165) is 38.5 Å². The highest BCUT2D eigenvalue weighted by Crippen LogP contribution is 2.32. The van der Waals surface area contributed by atoms with Gasteiger partial charge in [-0.1, -0.05) is 26.2 Å². The molecule has 1 fully saturated rings. The first-order valence-corrected chi connectivity index (χ1v) is 6.78. The average molecular weight is 240 g/mol. The minimum absolute atomic E-state index is 0.0594. The molecule has 0 N–H and O–H groups in total.